The molecular weight excluding hydrogens is 466 g/mol. The number of halogens is 11. The van der Waals surface area contributed by atoms with Gasteiger partial charge in [-0.15, -0.1) is 0 Å². The molecule has 150 valence electrons. The van der Waals surface area contributed by atoms with Crippen LogP contribution in [0, 0.1) is 6.92 Å². The van der Waals surface area contributed by atoms with Gasteiger partial charge in [-0.3, -0.25) is 0 Å². The normalized spacial score (nSPS) is 13.9. The van der Waals surface area contributed by atoms with Crippen LogP contribution >= 0.6 is 15.9 Å². The summed E-state index contributed by atoms with van der Waals surface area (Å²) in [6.07, 6.45) is -16.4. The number of hydrogen-bond acceptors (Lipinski definition) is 1. The first-order valence-corrected chi connectivity index (χ1v) is 7.54. The van der Waals surface area contributed by atoms with Crippen LogP contribution in [-0.2, 0) is 11.8 Å². The Morgan fingerprint density at radius 1 is 0.889 bits per heavy atom. The molecule has 2 aromatic rings. The molecule has 0 aliphatic carbocycles. The van der Waals surface area contributed by atoms with Gasteiger partial charge in [0.1, 0.15) is 0 Å². The molecule has 0 aliphatic heterocycles. The van der Waals surface area contributed by atoms with Crippen molar-refractivity contribution in [3.63, 3.8) is 0 Å². The standard InChI is InChI=1S/C14H7BrF10N2/c1-6-2-7(11(16,13(20,21)22)14(23,24)25)3-9(12(17,18)19)10(6)27-5-8(15)4-26-27/h2-5H,1H3. The van der Waals surface area contributed by atoms with Gasteiger partial charge in [-0.2, -0.15) is 44.6 Å². The monoisotopic (exact) mass is 472 g/mol. The molecular formula is C14H7BrF10N2. The van der Waals surface area contributed by atoms with Crippen molar-refractivity contribution in [1.82, 2.24) is 9.78 Å². The van der Waals surface area contributed by atoms with Gasteiger partial charge in [0.25, 0.3) is 0 Å². The van der Waals surface area contributed by atoms with Crippen LogP contribution in [0.25, 0.3) is 5.69 Å². The lowest BCUT2D eigenvalue weighted by Crippen LogP contribution is -2.50. The highest BCUT2D eigenvalue weighted by Gasteiger charge is 2.73. The van der Waals surface area contributed by atoms with Gasteiger partial charge in [0.05, 0.1) is 21.9 Å². The smallest absolute Gasteiger partial charge is 0.239 e. The maximum absolute atomic E-state index is 14.2. The minimum Gasteiger partial charge on any atom is -0.239 e. The third-order valence-electron chi connectivity index (χ3n) is 3.57. The van der Waals surface area contributed by atoms with Crippen molar-refractivity contribution >= 4 is 15.9 Å². The van der Waals surface area contributed by atoms with Crippen molar-refractivity contribution in [2.45, 2.75) is 31.1 Å². The van der Waals surface area contributed by atoms with E-state index in [2.05, 4.69) is 21.0 Å². The van der Waals surface area contributed by atoms with E-state index in [0.717, 1.165) is 19.3 Å². The number of nitrogens with zero attached hydrogens (tertiary/aromatic N) is 2. The molecule has 13 heteroatoms. The van der Waals surface area contributed by atoms with Crippen LogP contribution in [0.4, 0.5) is 43.9 Å². The molecule has 0 atom stereocenters. The summed E-state index contributed by atoms with van der Waals surface area (Å²) in [5.41, 5.74) is -11.6. The molecule has 0 amide bonds. The van der Waals surface area contributed by atoms with Crippen LogP contribution in [0.2, 0.25) is 0 Å². The number of alkyl halides is 10. The summed E-state index contributed by atoms with van der Waals surface area (Å²) in [7, 11) is 0. The molecule has 2 rings (SSSR count). The highest BCUT2D eigenvalue weighted by atomic mass is 79.9. The summed E-state index contributed by atoms with van der Waals surface area (Å²) < 4.78 is 132. The van der Waals surface area contributed by atoms with E-state index >= 15 is 0 Å². The Morgan fingerprint density at radius 2 is 1.41 bits per heavy atom. The minimum atomic E-state index is -6.53. The first kappa shape index (κ1) is 21.5. The molecule has 0 aliphatic rings. The number of rotatable bonds is 2. The molecule has 0 fully saturated rings. The van der Waals surface area contributed by atoms with Crippen LogP contribution in [0.5, 0.6) is 0 Å². The summed E-state index contributed by atoms with van der Waals surface area (Å²) in [6, 6.07) is -0.431. The van der Waals surface area contributed by atoms with Crippen LogP contribution < -0.4 is 0 Å². The predicted molar refractivity (Wildman–Crippen MR) is 75.9 cm³/mol. The second kappa shape index (κ2) is 6.38. The lowest BCUT2D eigenvalue weighted by atomic mass is 9.90. The zero-order valence-electron chi connectivity index (χ0n) is 12.9. The zero-order valence-corrected chi connectivity index (χ0v) is 14.4. The van der Waals surface area contributed by atoms with Crippen molar-refractivity contribution in [2.24, 2.45) is 0 Å². The molecule has 27 heavy (non-hydrogen) atoms. The Hall–Kier alpha value is -1.79. The van der Waals surface area contributed by atoms with Gasteiger partial charge in [-0.1, -0.05) is 6.07 Å². The van der Waals surface area contributed by atoms with E-state index in [9.17, 15) is 43.9 Å². The topological polar surface area (TPSA) is 17.8 Å². The van der Waals surface area contributed by atoms with Crippen molar-refractivity contribution in [3.8, 4) is 5.69 Å². The van der Waals surface area contributed by atoms with Gasteiger partial charge in [0.15, 0.2) is 0 Å². The SMILES string of the molecule is Cc1cc(C(F)(C(F)(F)F)C(F)(F)F)cc(C(F)(F)F)c1-n1cc(Br)cn1. The molecule has 0 bridgehead atoms. The third-order valence-corrected chi connectivity index (χ3v) is 3.97. The molecule has 0 saturated carbocycles. The third kappa shape index (κ3) is 3.65. The fourth-order valence-corrected chi connectivity index (χ4v) is 2.70. The van der Waals surface area contributed by atoms with Crippen LogP contribution in [-0.4, -0.2) is 22.1 Å². The number of aromatic nitrogens is 2. The van der Waals surface area contributed by atoms with E-state index in [1.54, 1.807) is 0 Å². The number of aryl methyl sites for hydroxylation is 1. The van der Waals surface area contributed by atoms with Gasteiger partial charge in [-0.05, 0) is 34.5 Å². The summed E-state index contributed by atoms with van der Waals surface area (Å²) in [4.78, 5) is 0. The molecule has 2 nitrogen and oxygen atoms in total. The first-order valence-electron chi connectivity index (χ1n) is 6.75. The predicted octanol–water partition coefficient (Wildman–Crippen LogP) is 6.25. The second-order valence-electron chi connectivity index (χ2n) is 5.44. The van der Waals surface area contributed by atoms with Gasteiger partial charge in [0.2, 0.25) is 0 Å². The van der Waals surface area contributed by atoms with E-state index in [0.29, 0.717) is 4.68 Å². The molecule has 1 heterocycles. The largest absolute Gasteiger partial charge is 0.435 e. The summed E-state index contributed by atoms with van der Waals surface area (Å²) >= 11 is 2.91. The molecule has 0 saturated heterocycles. The molecule has 0 unspecified atom stereocenters. The Morgan fingerprint density at radius 3 is 1.78 bits per heavy atom. The number of hydrogen-bond donors (Lipinski definition) is 0. The van der Waals surface area contributed by atoms with E-state index in [1.165, 1.54) is 0 Å². The highest BCUT2D eigenvalue weighted by Crippen LogP contribution is 2.54. The van der Waals surface area contributed by atoms with Crippen molar-refractivity contribution < 1.29 is 43.9 Å². The average molecular weight is 473 g/mol. The Balaban J connectivity index is 2.88. The molecule has 1 aromatic heterocycles. The van der Waals surface area contributed by atoms with Gasteiger partial charge >= 0.3 is 24.2 Å². The Kier molecular flexibility index (Phi) is 5.08. The highest BCUT2D eigenvalue weighted by molar-refractivity contribution is 9.10. The number of benzene rings is 1. The van der Waals surface area contributed by atoms with E-state index in [-0.39, 0.29) is 10.5 Å². The van der Waals surface area contributed by atoms with Gasteiger partial charge in [0, 0.05) is 11.8 Å². The fraction of sp³-hybridized carbons (Fsp3) is 0.357. The van der Waals surface area contributed by atoms with Crippen LogP contribution in [0.1, 0.15) is 16.7 Å². The lowest BCUT2D eigenvalue weighted by molar-refractivity contribution is -0.348. The Labute approximate surface area is 152 Å². The average Bonchev–Trinajstić information content (AvgIpc) is 2.88. The fourth-order valence-electron chi connectivity index (χ4n) is 2.41. The zero-order chi connectivity index (χ0) is 21.0. The minimum absolute atomic E-state index is 0.0706. The van der Waals surface area contributed by atoms with Crippen molar-refractivity contribution in [1.29, 1.82) is 0 Å². The summed E-state index contributed by atoms with van der Waals surface area (Å²) in [5.74, 6) is 0. The maximum atomic E-state index is 14.2. The lowest BCUT2D eigenvalue weighted by Gasteiger charge is -2.31. The summed E-state index contributed by atoms with van der Waals surface area (Å²) in [5, 5.41) is 3.54. The van der Waals surface area contributed by atoms with Crippen LogP contribution in [0.3, 0.4) is 0 Å². The van der Waals surface area contributed by atoms with E-state index in [4.69, 9.17) is 0 Å². The van der Waals surface area contributed by atoms with Crippen LogP contribution in [0.15, 0.2) is 29.0 Å². The first-order chi connectivity index (χ1) is 12.0. The molecule has 0 N–H and O–H groups in total. The molecule has 0 radical (unpaired) electrons. The second-order valence-corrected chi connectivity index (χ2v) is 6.36. The summed E-state index contributed by atoms with van der Waals surface area (Å²) in [6.45, 7) is 0.816. The molecule has 0 spiro atoms. The van der Waals surface area contributed by atoms with Crippen molar-refractivity contribution in [3.05, 3.63) is 45.7 Å². The molecule has 1 aromatic carbocycles. The van der Waals surface area contributed by atoms with Gasteiger partial charge in [-0.25, -0.2) is 9.07 Å². The Bertz CT molecular complexity index is 833. The van der Waals surface area contributed by atoms with E-state index < -0.39 is 52.6 Å². The van der Waals surface area contributed by atoms with Crippen molar-refractivity contribution in [2.75, 3.05) is 0 Å². The quantitative estimate of drug-likeness (QED) is 0.472. The van der Waals surface area contributed by atoms with Gasteiger partial charge < -0.3 is 0 Å². The maximum Gasteiger partial charge on any atom is 0.435 e. The van der Waals surface area contributed by atoms with E-state index in [1.807, 2.05) is 0 Å².